The molecule has 2 amide bonds. The highest BCUT2D eigenvalue weighted by atomic mass is 32.2. The minimum atomic E-state index is -3.18. The van der Waals surface area contributed by atoms with E-state index in [1.54, 1.807) is 6.20 Å². The maximum atomic E-state index is 12.4. The standard InChI is InChI=1S/C16H26N4O3S/c1-24(22,23)19-12-9-15-7-3-5-13-20(15)16(21)18-11-8-14-6-2-4-10-17-14/h2,4,6,10,15,19H,3,5,7-9,11-13H2,1H3,(H,18,21)/t15-/m1/s1. The largest absolute Gasteiger partial charge is 0.338 e. The number of nitrogens with one attached hydrogen (secondary N) is 2. The minimum Gasteiger partial charge on any atom is -0.338 e. The Bertz CT molecular complexity index is 621. The summed E-state index contributed by atoms with van der Waals surface area (Å²) < 4.78 is 24.8. The molecule has 2 N–H and O–H groups in total. The number of hydrogen-bond acceptors (Lipinski definition) is 4. The molecule has 0 spiro atoms. The number of likely N-dealkylation sites (tertiary alicyclic amines) is 1. The van der Waals surface area contributed by atoms with Crippen LogP contribution in [-0.4, -0.2) is 56.3 Å². The van der Waals surface area contributed by atoms with E-state index in [-0.39, 0.29) is 12.1 Å². The fraction of sp³-hybridized carbons (Fsp3) is 0.625. The summed E-state index contributed by atoms with van der Waals surface area (Å²) in [4.78, 5) is 18.5. The lowest BCUT2D eigenvalue weighted by Crippen LogP contribution is -2.50. The molecule has 0 radical (unpaired) electrons. The molecular weight excluding hydrogens is 328 g/mol. The van der Waals surface area contributed by atoms with Crippen molar-refractivity contribution in [1.82, 2.24) is 19.9 Å². The number of carbonyl (C=O) groups excluding carboxylic acids is 1. The molecule has 1 aliphatic heterocycles. The molecule has 1 aromatic rings. The first kappa shape index (κ1) is 18.7. The topological polar surface area (TPSA) is 91.4 Å². The van der Waals surface area contributed by atoms with Crippen molar-refractivity contribution in [1.29, 1.82) is 0 Å². The van der Waals surface area contributed by atoms with Gasteiger partial charge in [-0.2, -0.15) is 0 Å². The number of nitrogens with zero attached hydrogens (tertiary/aromatic N) is 2. The zero-order chi connectivity index (χ0) is 17.4. The van der Waals surface area contributed by atoms with E-state index in [4.69, 9.17) is 0 Å². The molecule has 2 heterocycles. The van der Waals surface area contributed by atoms with Crippen LogP contribution in [0.1, 0.15) is 31.4 Å². The van der Waals surface area contributed by atoms with E-state index in [0.29, 0.717) is 25.9 Å². The number of amides is 2. The third kappa shape index (κ3) is 6.45. The Morgan fingerprint density at radius 2 is 2.17 bits per heavy atom. The molecule has 2 rings (SSSR count). The van der Waals surface area contributed by atoms with Crippen molar-refractivity contribution in [3.63, 3.8) is 0 Å². The average molecular weight is 354 g/mol. The van der Waals surface area contributed by atoms with Gasteiger partial charge in [0.15, 0.2) is 0 Å². The Hall–Kier alpha value is -1.67. The number of pyridine rings is 1. The number of piperidine rings is 1. The Balaban J connectivity index is 1.79. The summed E-state index contributed by atoms with van der Waals surface area (Å²) in [6.07, 6.45) is 7.20. The fourth-order valence-electron chi connectivity index (χ4n) is 2.92. The monoisotopic (exact) mass is 354 g/mol. The molecule has 0 saturated carbocycles. The Kier molecular flexibility index (Phi) is 6.99. The molecule has 1 aliphatic rings. The molecule has 0 aromatic carbocycles. The van der Waals surface area contributed by atoms with Gasteiger partial charge in [0, 0.05) is 44.0 Å². The van der Waals surface area contributed by atoms with E-state index < -0.39 is 10.0 Å². The smallest absolute Gasteiger partial charge is 0.317 e. The molecule has 1 saturated heterocycles. The summed E-state index contributed by atoms with van der Waals surface area (Å²) in [6, 6.07) is 5.75. The van der Waals surface area contributed by atoms with Gasteiger partial charge >= 0.3 is 6.03 Å². The van der Waals surface area contributed by atoms with Gasteiger partial charge in [-0.25, -0.2) is 17.9 Å². The van der Waals surface area contributed by atoms with E-state index in [1.807, 2.05) is 23.1 Å². The van der Waals surface area contributed by atoms with Crippen molar-refractivity contribution in [2.75, 3.05) is 25.9 Å². The first-order valence-corrected chi connectivity index (χ1v) is 10.2. The van der Waals surface area contributed by atoms with Gasteiger partial charge in [-0.15, -0.1) is 0 Å². The van der Waals surface area contributed by atoms with Crippen LogP contribution in [0.4, 0.5) is 4.79 Å². The van der Waals surface area contributed by atoms with Crippen LogP contribution < -0.4 is 10.0 Å². The van der Waals surface area contributed by atoms with Crippen LogP contribution in [0.5, 0.6) is 0 Å². The van der Waals surface area contributed by atoms with Crippen LogP contribution >= 0.6 is 0 Å². The summed E-state index contributed by atoms with van der Waals surface area (Å²) in [7, 11) is -3.18. The third-order valence-corrected chi connectivity index (χ3v) is 4.84. The Labute approximate surface area is 143 Å². The summed E-state index contributed by atoms with van der Waals surface area (Å²) in [5.41, 5.74) is 0.949. The van der Waals surface area contributed by atoms with Gasteiger partial charge in [-0.1, -0.05) is 6.07 Å². The number of aromatic nitrogens is 1. The second-order valence-corrected chi connectivity index (χ2v) is 7.93. The number of rotatable bonds is 7. The minimum absolute atomic E-state index is 0.0741. The fourth-order valence-corrected chi connectivity index (χ4v) is 3.41. The lowest BCUT2D eigenvalue weighted by Gasteiger charge is -2.35. The van der Waals surface area contributed by atoms with Crippen molar-refractivity contribution >= 4 is 16.1 Å². The van der Waals surface area contributed by atoms with E-state index in [1.165, 1.54) is 0 Å². The van der Waals surface area contributed by atoms with E-state index >= 15 is 0 Å². The summed E-state index contributed by atoms with van der Waals surface area (Å²) in [5, 5.41) is 2.95. The third-order valence-electron chi connectivity index (χ3n) is 4.11. The molecule has 8 heteroatoms. The molecule has 1 aromatic heterocycles. The SMILES string of the molecule is CS(=O)(=O)NCC[C@H]1CCCCN1C(=O)NCCc1ccccn1. The van der Waals surface area contributed by atoms with Crippen LogP contribution in [0.25, 0.3) is 0 Å². The van der Waals surface area contributed by atoms with Crippen molar-refractivity contribution in [3.8, 4) is 0 Å². The summed E-state index contributed by atoms with van der Waals surface area (Å²) >= 11 is 0. The highest BCUT2D eigenvalue weighted by Gasteiger charge is 2.26. The van der Waals surface area contributed by atoms with Gasteiger partial charge in [0.25, 0.3) is 0 Å². The molecule has 24 heavy (non-hydrogen) atoms. The lowest BCUT2D eigenvalue weighted by atomic mass is 10.00. The molecule has 1 atom stereocenters. The maximum absolute atomic E-state index is 12.4. The van der Waals surface area contributed by atoms with Crippen LogP contribution in [0.3, 0.4) is 0 Å². The molecule has 1 fully saturated rings. The highest BCUT2D eigenvalue weighted by molar-refractivity contribution is 7.88. The molecule has 7 nitrogen and oxygen atoms in total. The van der Waals surface area contributed by atoms with Gasteiger partial charge in [-0.3, -0.25) is 4.98 Å². The Morgan fingerprint density at radius 1 is 1.33 bits per heavy atom. The Morgan fingerprint density at radius 3 is 2.88 bits per heavy atom. The lowest BCUT2D eigenvalue weighted by molar-refractivity contribution is 0.147. The number of urea groups is 1. The predicted molar refractivity (Wildman–Crippen MR) is 93.1 cm³/mol. The van der Waals surface area contributed by atoms with Crippen LogP contribution in [-0.2, 0) is 16.4 Å². The predicted octanol–water partition coefficient (Wildman–Crippen LogP) is 1.13. The highest BCUT2D eigenvalue weighted by Crippen LogP contribution is 2.19. The zero-order valence-electron chi connectivity index (χ0n) is 14.1. The summed E-state index contributed by atoms with van der Waals surface area (Å²) in [5.74, 6) is 0. The molecule has 0 aliphatic carbocycles. The van der Waals surface area contributed by atoms with Crippen LogP contribution in [0, 0.1) is 0 Å². The normalized spacial score (nSPS) is 18.4. The number of hydrogen-bond donors (Lipinski definition) is 2. The van der Waals surface area contributed by atoms with Gasteiger partial charge in [0.1, 0.15) is 0 Å². The van der Waals surface area contributed by atoms with Crippen molar-refractivity contribution < 1.29 is 13.2 Å². The second-order valence-electron chi connectivity index (χ2n) is 6.10. The quantitative estimate of drug-likeness (QED) is 0.768. The first-order chi connectivity index (χ1) is 11.5. The van der Waals surface area contributed by atoms with E-state index in [0.717, 1.165) is 37.8 Å². The second kappa shape index (κ2) is 8.98. The van der Waals surface area contributed by atoms with Crippen molar-refractivity contribution in [2.24, 2.45) is 0 Å². The van der Waals surface area contributed by atoms with Crippen LogP contribution in [0.15, 0.2) is 24.4 Å². The van der Waals surface area contributed by atoms with Crippen LogP contribution in [0.2, 0.25) is 0 Å². The van der Waals surface area contributed by atoms with Gasteiger partial charge < -0.3 is 10.2 Å². The van der Waals surface area contributed by atoms with E-state index in [9.17, 15) is 13.2 Å². The number of sulfonamides is 1. The van der Waals surface area contributed by atoms with Gasteiger partial charge in [0.2, 0.25) is 10.0 Å². The maximum Gasteiger partial charge on any atom is 0.317 e. The molecular formula is C16H26N4O3S. The molecule has 0 unspecified atom stereocenters. The first-order valence-electron chi connectivity index (χ1n) is 8.35. The van der Waals surface area contributed by atoms with Gasteiger partial charge in [-0.05, 0) is 37.8 Å². The number of carbonyl (C=O) groups is 1. The summed E-state index contributed by atoms with van der Waals surface area (Å²) in [6.45, 7) is 1.63. The zero-order valence-corrected chi connectivity index (χ0v) is 14.9. The van der Waals surface area contributed by atoms with E-state index in [2.05, 4.69) is 15.0 Å². The van der Waals surface area contributed by atoms with Gasteiger partial charge in [0.05, 0.1) is 6.26 Å². The molecule has 0 bridgehead atoms. The van der Waals surface area contributed by atoms with Crippen molar-refractivity contribution in [3.05, 3.63) is 30.1 Å². The van der Waals surface area contributed by atoms with Crippen molar-refractivity contribution in [2.45, 2.75) is 38.1 Å². The molecule has 134 valence electrons. The average Bonchev–Trinajstić information content (AvgIpc) is 2.55.